The van der Waals surface area contributed by atoms with Crippen molar-refractivity contribution in [2.45, 2.75) is 104 Å². The summed E-state index contributed by atoms with van der Waals surface area (Å²) < 4.78 is 26.4. The number of amides is 2. The molecule has 0 aliphatic heterocycles. The first-order valence-corrected chi connectivity index (χ1v) is 15.8. The fourth-order valence-corrected chi connectivity index (χ4v) is 4.12. The molecule has 2 aromatic carbocycles. The number of aliphatic hydroxyl groups is 1. The number of ketones is 1. The Hall–Kier alpha value is -4.48. The van der Waals surface area contributed by atoms with Crippen LogP contribution in [-0.4, -0.2) is 90.8 Å². The van der Waals surface area contributed by atoms with Gasteiger partial charge in [0.1, 0.15) is 19.3 Å². The Morgan fingerprint density at radius 2 is 1.04 bits per heavy atom. The number of hydrogen-bond donors (Lipinski definition) is 6. The van der Waals surface area contributed by atoms with Crippen molar-refractivity contribution in [1.29, 1.82) is 11.1 Å². The molecule has 0 saturated heterocycles. The van der Waals surface area contributed by atoms with Gasteiger partial charge in [-0.25, -0.2) is 25.4 Å². The van der Waals surface area contributed by atoms with Crippen LogP contribution in [0.1, 0.15) is 66.5 Å². The van der Waals surface area contributed by atoms with Crippen LogP contribution in [0.5, 0.6) is 0 Å². The summed E-state index contributed by atoms with van der Waals surface area (Å²) in [6.45, 7) is 14.7. The van der Waals surface area contributed by atoms with Crippen LogP contribution in [0.15, 0.2) is 60.7 Å². The molecule has 0 bridgehead atoms. The van der Waals surface area contributed by atoms with E-state index in [2.05, 4.69) is 10.6 Å². The van der Waals surface area contributed by atoms with Gasteiger partial charge in [0.05, 0.1) is 37.1 Å². The number of benzene rings is 2. The van der Waals surface area contributed by atoms with Crippen molar-refractivity contribution >= 4 is 23.9 Å². The van der Waals surface area contributed by atoms with Gasteiger partial charge >= 0.3 is 18.2 Å². The van der Waals surface area contributed by atoms with E-state index in [1.807, 2.05) is 102 Å². The number of carbonyl (C=O) groups excluding carboxylic acids is 4. The Bertz CT molecular complexity index is 1140. The van der Waals surface area contributed by atoms with Gasteiger partial charge in [0, 0.05) is 7.11 Å². The molecule has 0 fully saturated rings. The number of nitrogens with one attached hydrogen (secondary N) is 4. The van der Waals surface area contributed by atoms with Crippen molar-refractivity contribution in [2.24, 2.45) is 5.73 Å². The van der Waals surface area contributed by atoms with Crippen molar-refractivity contribution in [3.8, 4) is 0 Å². The SMILES string of the molecule is CC(OC(C)(C)C)[C@H](NC(=O)OCc1ccccc1)C(=O)CN.CO.COC(=O)[C@@H](NC(=O)OCc1ccccc1)C(C)OC(C)(C)C.N=N.O. The number of esters is 1. The minimum Gasteiger partial charge on any atom is -0.467 e. The van der Waals surface area contributed by atoms with Gasteiger partial charge in [0.15, 0.2) is 11.8 Å². The van der Waals surface area contributed by atoms with E-state index in [0.29, 0.717) is 0 Å². The molecule has 0 heterocycles. The van der Waals surface area contributed by atoms with Gasteiger partial charge in [0.25, 0.3) is 0 Å². The zero-order chi connectivity index (χ0) is 38.9. The van der Waals surface area contributed by atoms with Crippen LogP contribution >= 0.6 is 0 Å². The third-order valence-corrected chi connectivity index (χ3v) is 5.99. The average Bonchev–Trinajstić information content (AvgIpc) is 3.08. The largest absolute Gasteiger partial charge is 0.467 e. The molecule has 4 atom stereocenters. The summed E-state index contributed by atoms with van der Waals surface area (Å²) in [6, 6.07) is 16.8. The molecule has 2 aromatic rings. The predicted molar refractivity (Wildman–Crippen MR) is 191 cm³/mol. The molecule has 2 amide bonds. The van der Waals surface area contributed by atoms with Crippen LogP contribution in [0.4, 0.5) is 9.59 Å². The fourth-order valence-electron chi connectivity index (χ4n) is 4.12. The molecule has 2 unspecified atom stereocenters. The Labute approximate surface area is 301 Å². The Morgan fingerprint density at radius 1 is 0.706 bits per heavy atom. The summed E-state index contributed by atoms with van der Waals surface area (Å²) in [5.74, 6) is -0.892. The molecule has 51 heavy (non-hydrogen) atoms. The number of alkyl carbamates (subject to hydrolysis) is 2. The number of Topliss-reactive ketones (excluding diaryl/α,β-unsaturated/α-hetero) is 1. The maximum Gasteiger partial charge on any atom is 0.408 e. The fraction of sp³-hybridized carbons (Fsp3) is 0.543. The van der Waals surface area contributed by atoms with Crippen molar-refractivity contribution in [1.82, 2.24) is 10.6 Å². The van der Waals surface area contributed by atoms with Crippen molar-refractivity contribution in [3.05, 3.63) is 71.8 Å². The monoisotopic (exact) mass is 725 g/mol. The van der Waals surface area contributed by atoms with Gasteiger partial charge in [-0.15, -0.1) is 0 Å². The van der Waals surface area contributed by atoms with E-state index in [-0.39, 0.29) is 31.0 Å². The van der Waals surface area contributed by atoms with Crippen LogP contribution < -0.4 is 16.4 Å². The molecule has 290 valence electrons. The van der Waals surface area contributed by atoms with Crippen LogP contribution in [0.3, 0.4) is 0 Å². The maximum absolute atomic E-state index is 12.0. The summed E-state index contributed by atoms with van der Waals surface area (Å²) >= 11 is 0. The molecule has 0 saturated carbocycles. The third kappa shape index (κ3) is 24.3. The lowest BCUT2D eigenvalue weighted by Crippen LogP contribution is -2.52. The van der Waals surface area contributed by atoms with E-state index >= 15 is 0 Å². The summed E-state index contributed by atoms with van der Waals surface area (Å²) in [4.78, 5) is 47.7. The lowest BCUT2D eigenvalue weighted by atomic mass is 10.1. The number of nitrogens with two attached hydrogens (primary N) is 1. The first-order valence-electron chi connectivity index (χ1n) is 15.8. The van der Waals surface area contributed by atoms with Gasteiger partial charge < -0.3 is 50.6 Å². The standard InChI is InChI=1S/C17H26N2O4.C17H25NO5.CH4O.H2N2.H2O/c1-12(23-17(2,3)4)15(14(20)10-18)19-16(21)22-11-13-8-6-5-7-9-13;1-12(23-17(2,3)4)14(15(19)21-5)18-16(20)22-11-13-9-7-6-8-10-13;2*1-2;/h5-9,12,15H,10-11,18H2,1-4H3,(H,19,21);6-10,12,14H,11H2,1-5H3,(H,18,20);2H,1H3;1-2H;1H2/t12?,15-;12?,14-;;;/m00.../s1. The molecule has 0 spiro atoms. The van der Waals surface area contributed by atoms with E-state index in [9.17, 15) is 19.2 Å². The van der Waals surface area contributed by atoms with Crippen LogP contribution in [0, 0.1) is 11.1 Å². The molecule has 0 aromatic heterocycles. The predicted octanol–water partition coefficient (Wildman–Crippen LogP) is 4.05. The average molecular weight is 726 g/mol. The summed E-state index contributed by atoms with van der Waals surface area (Å²) in [6.07, 6.45) is -2.46. The zero-order valence-corrected chi connectivity index (χ0v) is 31.4. The second-order valence-electron chi connectivity index (χ2n) is 12.4. The topological polar surface area (TPSA) is 264 Å². The van der Waals surface area contributed by atoms with Crippen molar-refractivity contribution in [2.75, 3.05) is 20.8 Å². The van der Waals surface area contributed by atoms with Crippen molar-refractivity contribution < 1.29 is 53.4 Å². The number of carbonyl (C=O) groups is 4. The smallest absolute Gasteiger partial charge is 0.408 e. The van der Waals surface area contributed by atoms with Crippen molar-refractivity contribution in [3.63, 3.8) is 0 Å². The molecular weight excluding hydrogens is 666 g/mol. The number of hydrogen-bond acceptors (Lipinski definition) is 13. The van der Waals surface area contributed by atoms with Gasteiger partial charge in [-0.3, -0.25) is 4.79 Å². The Morgan fingerprint density at radius 3 is 1.35 bits per heavy atom. The number of methoxy groups -OCH3 is 1. The Kier molecular flexibility index (Phi) is 27.2. The highest BCUT2D eigenvalue weighted by atomic mass is 16.6. The van der Waals surface area contributed by atoms with Gasteiger partial charge in [-0.2, -0.15) is 0 Å². The highest BCUT2D eigenvalue weighted by Crippen LogP contribution is 2.15. The first kappa shape index (κ1) is 50.9. The molecular formula is C35H59N5O11. The minimum absolute atomic E-state index is 0. The van der Waals surface area contributed by atoms with Crippen LogP contribution in [0.25, 0.3) is 0 Å². The molecule has 9 N–H and O–H groups in total. The van der Waals surface area contributed by atoms with E-state index < -0.39 is 53.6 Å². The van der Waals surface area contributed by atoms with Gasteiger partial charge in [-0.1, -0.05) is 60.7 Å². The van der Waals surface area contributed by atoms with Gasteiger partial charge in [0.2, 0.25) is 0 Å². The summed E-state index contributed by atoms with van der Waals surface area (Å²) in [5, 5.41) is 12.0. The van der Waals surface area contributed by atoms with Crippen LogP contribution in [-0.2, 0) is 46.5 Å². The number of rotatable bonds is 13. The van der Waals surface area contributed by atoms with E-state index in [1.165, 1.54) is 7.11 Å². The second-order valence-corrected chi connectivity index (χ2v) is 12.4. The quantitative estimate of drug-likeness (QED) is 0.0974. The maximum atomic E-state index is 12.0. The molecule has 0 aliphatic carbocycles. The third-order valence-electron chi connectivity index (χ3n) is 5.99. The van der Waals surface area contributed by atoms with Gasteiger partial charge in [-0.05, 0) is 66.5 Å². The minimum atomic E-state index is -0.942. The molecule has 0 radical (unpaired) electrons. The van der Waals surface area contributed by atoms with Crippen LogP contribution in [0.2, 0.25) is 0 Å². The normalized spacial score (nSPS) is 12.7. The lowest BCUT2D eigenvalue weighted by molar-refractivity contribution is -0.150. The number of ether oxygens (including phenoxy) is 5. The first-order chi connectivity index (χ1) is 23.5. The highest BCUT2D eigenvalue weighted by molar-refractivity contribution is 5.89. The molecule has 16 heteroatoms. The van der Waals surface area contributed by atoms with E-state index in [4.69, 9.17) is 45.6 Å². The second kappa shape index (κ2) is 27.3. The highest BCUT2D eigenvalue weighted by Gasteiger charge is 2.32. The zero-order valence-electron chi connectivity index (χ0n) is 31.4. The van der Waals surface area contributed by atoms with E-state index in [0.717, 1.165) is 18.2 Å². The molecule has 0 aliphatic rings. The molecule has 16 nitrogen and oxygen atoms in total. The number of aliphatic hydroxyl groups excluding tert-OH is 1. The van der Waals surface area contributed by atoms with E-state index in [1.54, 1.807) is 13.8 Å². The summed E-state index contributed by atoms with van der Waals surface area (Å²) in [7, 11) is 2.26. The lowest BCUT2D eigenvalue weighted by Gasteiger charge is -2.30. The molecule has 2 rings (SSSR count). The summed E-state index contributed by atoms with van der Waals surface area (Å²) in [5.41, 5.74) is 16.2. The Balaban J connectivity index is -0.000000808.